The molecule has 0 amide bonds. The predicted molar refractivity (Wildman–Crippen MR) is 59.1 cm³/mol. The summed E-state index contributed by atoms with van der Waals surface area (Å²) in [5.74, 6) is 1.62. The second-order valence-corrected chi connectivity index (χ2v) is 4.14. The van der Waals surface area contributed by atoms with Crippen LogP contribution in [0.1, 0.15) is 5.56 Å². The van der Waals surface area contributed by atoms with Crippen LogP contribution in [0, 0.1) is 0 Å². The zero-order chi connectivity index (χ0) is 9.68. The summed E-state index contributed by atoms with van der Waals surface area (Å²) < 4.78 is 0. The fourth-order valence-corrected chi connectivity index (χ4v) is 1.74. The molecule has 0 bridgehead atoms. The van der Waals surface area contributed by atoms with Crippen molar-refractivity contribution < 1.29 is 5.11 Å². The minimum absolute atomic E-state index is 0.216. The number of nitrogen functional groups attached to an aromatic ring is 1. The topological polar surface area (TPSA) is 46.2 Å². The Kier molecular flexibility index (Phi) is 4.42. The molecule has 0 fully saturated rings. The standard InChI is InChI=1S/C9H12ClNOS/c10-8-2-1-7(5-9(8)11)6-13-4-3-12/h1-2,5,12H,3-4,6,11H2. The summed E-state index contributed by atoms with van der Waals surface area (Å²) in [5.41, 5.74) is 7.39. The Balaban J connectivity index is 2.53. The van der Waals surface area contributed by atoms with Crippen molar-refractivity contribution in [1.82, 2.24) is 0 Å². The first kappa shape index (κ1) is 10.7. The third kappa shape index (κ3) is 3.46. The number of rotatable bonds is 4. The number of aliphatic hydroxyl groups excluding tert-OH is 1. The quantitative estimate of drug-likeness (QED) is 0.600. The molecule has 13 heavy (non-hydrogen) atoms. The van der Waals surface area contributed by atoms with Crippen molar-refractivity contribution in [2.45, 2.75) is 5.75 Å². The minimum Gasteiger partial charge on any atom is -0.398 e. The molecule has 0 aliphatic rings. The molecular weight excluding hydrogens is 206 g/mol. The number of halogens is 1. The van der Waals surface area contributed by atoms with Crippen molar-refractivity contribution in [3.63, 3.8) is 0 Å². The molecule has 0 spiro atoms. The summed E-state index contributed by atoms with van der Waals surface area (Å²) in [7, 11) is 0. The molecule has 4 heteroatoms. The highest BCUT2D eigenvalue weighted by Gasteiger charge is 1.98. The molecule has 1 rings (SSSR count). The summed E-state index contributed by atoms with van der Waals surface area (Å²) in [4.78, 5) is 0. The number of benzene rings is 1. The first-order valence-corrected chi connectivity index (χ1v) is 5.50. The van der Waals surface area contributed by atoms with Gasteiger partial charge >= 0.3 is 0 Å². The van der Waals surface area contributed by atoms with Gasteiger partial charge in [0.25, 0.3) is 0 Å². The highest BCUT2D eigenvalue weighted by Crippen LogP contribution is 2.21. The van der Waals surface area contributed by atoms with Crippen LogP contribution in [0.25, 0.3) is 0 Å². The Hall–Kier alpha value is -0.380. The van der Waals surface area contributed by atoms with Crippen LogP contribution in [0.3, 0.4) is 0 Å². The van der Waals surface area contributed by atoms with Gasteiger partial charge in [-0.25, -0.2) is 0 Å². The molecule has 1 aromatic carbocycles. The Morgan fingerprint density at radius 2 is 2.23 bits per heavy atom. The van der Waals surface area contributed by atoms with Crippen molar-refractivity contribution in [3.8, 4) is 0 Å². The first-order chi connectivity index (χ1) is 6.24. The Bertz CT molecular complexity index is 280. The zero-order valence-corrected chi connectivity index (χ0v) is 8.74. The maximum Gasteiger partial charge on any atom is 0.0635 e. The van der Waals surface area contributed by atoms with Crippen LogP contribution in [0.2, 0.25) is 5.02 Å². The number of nitrogens with two attached hydrogens (primary N) is 1. The van der Waals surface area contributed by atoms with E-state index in [9.17, 15) is 0 Å². The first-order valence-electron chi connectivity index (χ1n) is 3.96. The molecule has 1 aromatic rings. The molecule has 0 heterocycles. The van der Waals surface area contributed by atoms with Gasteiger partial charge in [0, 0.05) is 11.5 Å². The number of thioether (sulfide) groups is 1. The van der Waals surface area contributed by atoms with E-state index in [1.54, 1.807) is 17.8 Å². The summed E-state index contributed by atoms with van der Waals surface area (Å²) in [6.07, 6.45) is 0. The predicted octanol–water partition coefficient (Wildman–Crippen LogP) is 2.15. The van der Waals surface area contributed by atoms with Gasteiger partial charge in [-0.3, -0.25) is 0 Å². The van der Waals surface area contributed by atoms with Gasteiger partial charge in [0.1, 0.15) is 0 Å². The summed E-state index contributed by atoms with van der Waals surface area (Å²) in [5, 5.41) is 9.17. The lowest BCUT2D eigenvalue weighted by Gasteiger charge is -2.02. The van der Waals surface area contributed by atoms with Gasteiger partial charge in [-0.15, -0.1) is 0 Å². The number of anilines is 1. The van der Waals surface area contributed by atoms with E-state index in [1.807, 2.05) is 12.1 Å². The summed E-state index contributed by atoms with van der Waals surface area (Å²) >= 11 is 7.44. The van der Waals surface area contributed by atoms with Crippen molar-refractivity contribution in [2.75, 3.05) is 18.1 Å². The van der Waals surface area contributed by atoms with Crippen LogP contribution in [-0.4, -0.2) is 17.5 Å². The van der Waals surface area contributed by atoms with Crippen molar-refractivity contribution in [1.29, 1.82) is 0 Å². The molecule has 0 aromatic heterocycles. The molecule has 0 radical (unpaired) electrons. The second kappa shape index (κ2) is 5.37. The molecule has 0 unspecified atom stereocenters. The normalized spacial score (nSPS) is 10.3. The molecule has 0 saturated carbocycles. The van der Waals surface area contributed by atoms with E-state index >= 15 is 0 Å². The Labute approximate surface area is 87.1 Å². The zero-order valence-electron chi connectivity index (χ0n) is 7.16. The van der Waals surface area contributed by atoms with E-state index in [0.29, 0.717) is 10.7 Å². The van der Waals surface area contributed by atoms with Gasteiger partial charge in [0.2, 0.25) is 0 Å². The number of hydrogen-bond acceptors (Lipinski definition) is 3. The van der Waals surface area contributed by atoms with Gasteiger partial charge in [-0.2, -0.15) is 11.8 Å². The highest BCUT2D eigenvalue weighted by atomic mass is 35.5. The largest absolute Gasteiger partial charge is 0.398 e. The van der Waals surface area contributed by atoms with Crippen LogP contribution >= 0.6 is 23.4 Å². The SMILES string of the molecule is Nc1cc(CSCCO)ccc1Cl. The van der Waals surface area contributed by atoms with Crippen LogP contribution in [0.5, 0.6) is 0 Å². The maximum absolute atomic E-state index is 8.58. The van der Waals surface area contributed by atoms with Gasteiger partial charge in [-0.05, 0) is 17.7 Å². The third-order valence-electron chi connectivity index (χ3n) is 1.56. The maximum atomic E-state index is 8.58. The molecule has 0 saturated heterocycles. The lowest BCUT2D eigenvalue weighted by molar-refractivity contribution is 0.322. The summed E-state index contributed by atoms with van der Waals surface area (Å²) in [6.45, 7) is 0.216. The van der Waals surface area contributed by atoms with Gasteiger partial charge in [-0.1, -0.05) is 17.7 Å². The van der Waals surface area contributed by atoms with Gasteiger partial charge in [0.05, 0.1) is 17.3 Å². The lowest BCUT2D eigenvalue weighted by atomic mass is 10.2. The van der Waals surface area contributed by atoms with Crippen molar-refractivity contribution >= 4 is 29.1 Å². The Morgan fingerprint density at radius 1 is 1.46 bits per heavy atom. The Morgan fingerprint density at radius 3 is 2.85 bits per heavy atom. The summed E-state index contributed by atoms with van der Waals surface area (Å²) in [6, 6.07) is 5.61. The van der Waals surface area contributed by atoms with Crippen LogP contribution in [-0.2, 0) is 5.75 Å². The average molecular weight is 218 g/mol. The lowest BCUT2D eigenvalue weighted by Crippen LogP contribution is -1.91. The molecule has 0 aliphatic carbocycles. The van der Waals surface area contributed by atoms with E-state index in [-0.39, 0.29) is 6.61 Å². The highest BCUT2D eigenvalue weighted by molar-refractivity contribution is 7.98. The molecule has 0 aliphatic heterocycles. The van der Waals surface area contributed by atoms with E-state index < -0.39 is 0 Å². The van der Waals surface area contributed by atoms with Crippen molar-refractivity contribution in [2.24, 2.45) is 0 Å². The molecule has 3 N–H and O–H groups in total. The molecule has 0 atom stereocenters. The molecular formula is C9H12ClNOS. The number of aliphatic hydroxyl groups is 1. The van der Waals surface area contributed by atoms with Gasteiger partial charge in [0.15, 0.2) is 0 Å². The van der Waals surface area contributed by atoms with E-state index in [0.717, 1.165) is 17.1 Å². The van der Waals surface area contributed by atoms with Crippen molar-refractivity contribution in [3.05, 3.63) is 28.8 Å². The van der Waals surface area contributed by atoms with Crippen LogP contribution < -0.4 is 5.73 Å². The molecule has 2 nitrogen and oxygen atoms in total. The van der Waals surface area contributed by atoms with E-state index in [4.69, 9.17) is 22.4 Å². The minimum atomic E-state index is 0.216. The van der Waals surface area contributed by atoms with E-state index in [1.165, 1.54) is 0 Å². The third-order valence-corrected chi connectivity index (χ3v) is 2.92. The van der Waals surface area contributed by atoms with Crippen LogP contribution in [0.15, 0.2) is 18.2 Å². The number of hydrogen-bond donors (Lipinski definition) is 2. The van der Waals surface area contributed by atoms with Crippen LogP contribution in [0.4, 0.5) is 5.69 Å². The second-order valence-electron chi connectivity index (χ2n) is 2.63. The van der Waals surface area contributed by atoms with E-state index in [2.05, 4.69) is 0 Å². The fraction of sp³-hybridized carbons (Fsp3) is 0.333. The fourth-order valence-electron chi connectivity index (χ4n) is 0.938. The van der Waals surface area contributed by atoms with Gasteiger partial charge < -0.3 is 10.8 Å². The average Bonchev–Trinajstić information content (AvgIpc) is 2.12. The monoisotopic (exact) mass is 217 g/mol. The molecule has 72 valence electrons. The smallest absolute Gasteiger partial charge is 0.0635 e.